The zero-order valence-corrected chi connectivity index (χ0v) is 5.63. The van der Waals surface area contributed by atoms with Crippen molar-refractivity contribution in [1.82, 2.24) is 5.43 Å². The Morgan fingerprint density at radius 1 is 1.60 bits per heavy atom. The lowest BCUT2D eigenvalue weighted by Gasteiger charge is -2.03. The fourth-order valence-corrected chi connectivity index (χ4v) is 0.865. The molecule has 1 aliphatic carbocycles. The number of carbonyl (C=O) groups excluding carboxylic acids is 1. The van der Waals surface area contributed by atoms with Crippen LogP contribution in [0.25, 0.3) is 0 Å². The van der Waals surface area contributed by atoms with Gasteiger partial charge in [-0.3, -0.25) is 10.2 Å². The normalized spacial score (nSPS) is 16.3. The van der Waals surface area contributed by atoms with Crippen LogP contribution in [0, 0.1) is 0 Å². The second kappa shape index (κ2) is 3.17. The summed E-state index contributed by atoms with van der Waals surface area (Å²) in [5, 5.41) is 0. The Bertz CT molecular complexity index is 194. The van der Waals surface area contributed by atoms with Crippen LogP contribution in [0.1, 0.15) is 12.8 Å². The molecule has 0 aliphatic heterocycles. The maximum Gasteiger partial charge on any atom is 0.264 e. The monoisotopic (exact) mass is 138 g/mol. The zero-order chi connectivity index (χ0) is 7.40. The lowest BCUT2D eigenvalue weighted by Crippen LogP contribution is -2.31. The Morgan fingerprint density at radius 3 is 2.90 bits per heavy atom. The molecular weight excluding hydrogens is 128 g/mol. The van der Waals surface area contributed by atoms with Gasteiger partial charge in [0.25, 0.3) is 5.91 Å². The fraction of sp³-hybridized carbons (Fsp3) is 0.286. The van der Waals surface area contributed by atoms with E-state index in [4.69, 9.17) is 5.84 Å². The lowest BCUT2D eigenvalue weighted by atomic mass is 10.1. The highest BCUT2D eigenvalue weighted by atomic mass is 16.2. The minimum Gasteiger partial charge on any atom is -0.290 e. The third kappa shape index (κ3) is 1.45. The van der Waals surface area contributed by atoms with Crippen LogP contribution in [-0.4, -0.2) is 5.91 Å². The molecule has 1 amide bonds. The largest absolute Gasteiger partial charge is 0.290 e. The SMILES string of the molecule is NNC(=O)C1=CCCC=C1. The fourth-order valence-electron chi connectivity index (χ4n) is 0.865. The van der Waals surface area contributed by atoms with E-state index in [-0.39, 0.29) is 5.91 Å². The predicted octanol–water partition coefficient (Wildman–Crippen LogP) is 0.253. The predicted molar refractivity (Wildman–Crippen MR) is 38.8 cm³/mol. The van der Waals surface area contributed by atoms with Gasteiger partial charge in [0.1, 0.15) is 0 Å². The topological polar surface area (TPSA) is 55.1 Å². The summed E-state index contributed by atoms with van der Waals surface area (Å²) in [5.74, 6) is 4.72. The van der Waals surface area contributed by atoms with Gasteiger partial charge in [-0.05, 0) is 12.8 Å². The molecule has 0 saturated carbocycles. The first-order valence-corrected chi connectivity index (χ1v) is 3.22. The summed E-state index contributed by atoms with van der Waals surface area (Å²) < 4.78 is 0. The number of carbonyl (C=O) groups is 1. The Labute approximate surface area is 59.6 Å². The van der Waals surface area contributed by atoms with Crippen molar-refractivity contribution >= 4 is 5.91 Å². The minimum atomic E-state index is -0.212. The van der Waals surface area contributed by atoms with Crippen LogP contribution in [0.4, 0.5) is 0 Å². The van der Waals surface area contributed by atoms with Gasteiger partial charge >= 0.3 is 0 Å². The molecule has 54 valence electrons. The molecule has 10 heavy (non-hydrogen) atoms. The molecule has 3 N–H and O–H groups in total. The summed E-state index contributed by atoms with van der Waals surface area (Å²) in [6.45, 7) is 0. The molecule has 0 atom stereocenters. The second-order valence-electron chi connectivity index (χ2n) is 2.11. The van der Waals surface area contributed by atoms with E-state index in [1.54, 1.807) is 6.08 Å². The molecule has 0 heterocycles. The maximum atomic E-state index is 10.8. The molecule has 0 radical (unpaired) electrons. The summed E-state index contributed by atoms with van der Waals surface area (Å²) in [4.78, 5) is 10.8. The molecule has 1 aliphatic rings. The van der Waals surface area contributed by atoms with Gasteiger partial charge in [0.05, 0.1) is 0 Å². The minimum absolute atomic E-state index is 0.212. The van der Waals surface area contributed by atoms with Crippen molar-refractivity contribution in [3.63, 3.8) is 0 Å². The smallest absolute Gasteiger partial charge is 0.264 e. The average molecular weight is 138 g/mol. The van der Waals surface area contributed by atoms with E-state index in [1.165, 1.54) is 0 Å². The number of rotatable bonds is 1. The standard InChI is InChI=1S/C7H10N2O/c8-9-7(10)6-4-2-1-3-5-6/h2,4-5H,1,3,8H2,(H,9,10). The molecule has 0 aromatic heterocycles. The average Bonchev–Trinajstić information content (AvgIpc) is 2.05. The van der Waals surface area contributed by atoms with Crippen LogP contribution in [0.5, 0.6) is 0 Å². The molecular formula is C7H10N2O. The quantitative estimate of drug-likeness (QED) is 0.310. The van der Waals surface area contributed by atoms with E-state index in [0.717, 1.165) is 12.8 Å². The van der Waals surface area contributed by atoms with Crippen LogP contribution in [0.2, 0.25) is 0 Å². The van der Waals surface area contributed by atoms with Gasteiger partial charge in [0.2, 0.25) is 0 Å². The van der Waals surface area contributed by atoms with E-state index in [2.05, 4.69) is 5.43 Å². The van der Waals surface area contributed by atoms with E-state index < -0.39 is 0 Å². The van der Waals surface area contributed by atoms with Gasteiger partial charge in [0, 0.05) is 5.57 Å². The van der Waals surface area contributed by atoms with Crippen LogP contribution in [-0.2, 0) is 4.79 Å². The Kier molecular flexibility index (Phi) is 2.23. The first-order chi connectivity index (χ1) is 4.84. The van der Waals surface area contributed by atoms with E-state index in [0.29, 0.717) is 5.57 Å². The van der Waals surface area contributed by atoms with Crippen molar-refractivity contribution in [3.05, 3.63) is 23.8 Å². The Morgan fingerprint density at radius 2 is 2.40 bits per heavy atom. The van der Waals surface area contributed by atoms with Gasteiger partial charge in [-0.15, -0.1) is 0 Å². The van der Waals surface area contributed by atoms with Crippen LogP contribution >= 0.6 is 0 Å². The second-order valence-corrected chi connectivity index (χ2v) is 2.11. The van der Waals surface area contributed by atoms with Crippen molar-refractivity contribution in [1.29, 1.82) is 0 Å². The third-order valence-electron chi connectivity index (χ3n) is 1.39. The molecule has 0 fully saturated rings. The summed E-state index contributed by atoms with van der Waals surface area (Å²) >= 11 is 0. The number of allylic oxidation sites excluding steroid dienone is 2. The van der Waals surface area contributed by atoms with Gasteiger partial charge in [-0.1, -0.05) is 18.2 Å². The van der Waals surface area contributed by atoms with Crippen molar-refractivity contribution < 1.29 is 4.79 Å². The first-order valence-electron chi connectivity index (χ1n) is 3.22. The highest BCUT2D eigenvalue weighted by Gasteiger charge is 2.04. The highest BCUT2D eigenvalue weighted by molar-refractivity contribution is 5.95. The van der Waals surface area contributed by atoms with Crippen molar-refractivity contribution in [3.8, 4) is 0 Å². The van der Waals surface area contributed by atoms with Crippen molar-refractivity contribution in [2.45, 2.75) is 12.8 Å². The molecule has 0 aromatic carbocycles. The molecule has 1 rings (SSSR count). The lowest BCUT2D eigenvalue weighted by molar-refractivity contribution is -0.117. The Balaban J connectivity index is 2.63. The van der Waals surface area contributed by atoms with Gasteiger partial charge in [-0.25, -0.2) is 5.84 Å². The number of nitrogens with two attached hydrogens (primary N) is 1. The Hall–Kier alpha value is -1.09. The van der Waals surface area contributed by atoms with Crippen molar-refractivity contribution in [2.24, 2.45) is 5.84 Å². The maximum absolute atomic E-state index is 10.8. The molecule has 3 nitrogen and oxygen atoms in total. The van der Waals surface area contributed by atoms with Gasteiger partial charge < -0.3 is 0 Å². The van der Waals surface area contributed by atoms with Crippen LogP contribution in [0.15, 0.2) is 23.8 Å². The zero-order valence-electron chi connectivity index (χ0n) is 5.63. The highest BCUT2D eigenvalue weighted by Crippen LogP contribution is 2.08. The third-order valence-corrected chi connectivity index (χ3v) is 1.39. The molecule has 0 saturated heterocycles. The first kappa shape index (κ1) is 7.02. The number of hydrogen-bond acceptors (Lipinski definition) is 2. The van der Waals surface area contributed by atoms with Gasteiger partial charge in [-0.2, -0.15) is 0 Å². The molecule has 0 bridgehead atoms. The molecule has 0 spiro atoms. The molecule has 0 unspecified atom stereocenters. The molecule has 3 heteroatoms. The van der Waals surface area contributed by atoms with Crippen molar-refractivity contribution in [2.75, 3.05) is 0 Å². The van der Waals surface area contributed by atoms with E-state index >= 15 is 0 Å². The number of hydrazine groups is 1. The summed E-state index contributed by atoms with van der Waals surface area (Å²) in [5.41, 5.74) is 2.74. The van der Waals surface area contributed by atoms with Crippen LogP contribution in [0.3, 0.4) is 0 Å². The summed E-state index contributed by atoms with van der Waals surface area (Å²) in [6.07, 6.45) is 7.57. The van der Waals surface area contributed by atoms with E-state index in [9.17, 15) is 4.79 Å². The van der Waals surface area contributed by atoms with Gasteiger partial charge in [0.15, 0.2) is 0 Å². The summed E-state index contributed by atoms with van der Waals surface area (Å²) in [7, 11) is 0. The molecule has 0 aromatic rings. The number of amides is 1. The summed E-state index contributed by atoms with van der Waals surface area (Å²) in [6, 6.07) is 0. The number of nitrogens with one attached hydrogen (secondary N) is 1. The van der Waals surface area contributed by atoms with E-state index in [1.807, 2.05) is 12.2 Å². The van der Waals surface area contributed by atoms with Crippen LogP contribution < -0.4 is 11.3 Å². The number of hydrogen-bond donors (Lipinski definition) is 2.